The van der Waals surface area contributed by atoms with E-state index in [4.69, 9.17) is 11.6 Å². The van der Waals surface area contributed by atoms with Crippen molar-refractivity contribution >= 4 is 18.0 Å². The Bertz CT molecular complexity index is 340. The predicted octanol–water partition coefficient (Wildman–Crippen LogP) is 2.63. The van der Waals surface area contributed by atoms with Gasteiger partial charge in [0.2, 0.25) is 6.41 Å². The topological polar surface area (TPSA) is 20.3 Å². The Kier molecular flexibility index (Phi) is 2.73. The van der Waals surface area contributed by atoms with Crippen LogP contribution in [0.2, 0.25) is 5.02 Å². The molecule has 1 amide bonds. The van der Waals surface area contributed by atoms with E-state index in [-0.39, 0.29) is 6.04 Å². The Morgan fingerprint density at radius 3 is 3.07 bits per heavy atom. The van der Waals surface area contributed by atoms with Gasteiger partial charge < -0.3 is 4.90 Å². The fourth-order valence-corrected chi connectivity index (χ4v) is 2.19. The van der Waals surface area contributed by atoms with E-state index < -0.39 is 0 Å². The van der Waals surface area contributed by atoms with Crippen molar-refractivity contribution in [1.29, 1.82) is 0 Å². The van der Waals surface area contributed by atoms with Crippen molar-refractivity contribution in [3.8, 4) is 0 Å². The Morgan fingerprint density at radius 2 is 2.36 bits per heavy atom. The van der Waals surface area contributed by atoms with Gasteiger partial charge >= 0.3 is 0 Å². The maximum atomic E-state index is 10.8. The average Bonchev–Trinajstić information content (AvgIpc) is 2.65. The van der Waals surface area contributed by atoms with Crippen molar-refractivity contribution in [3.63, 3.8) is 0 Å². The van der Waals surface area contributed by atoms with Crippen LogP contribution in [0.15, 0.2) is 24.3 Å². The summed E-state index contributed by atoms with van der Waals surface area (Å²) in [6.07, 6.45) is 3.05. The Labute approximate surface area is 88.5 Å². The normalized spacial score (nSPS) is 21.2. The maximum Gasteiger partial charge on any atom is 0.210 e. The first kappa shape index (κ1) is 9.53. The number of rotatable bonds is 2. The highest BCUT2D eigenvalue weighted by Crippen LogP contribution is 2.31. The zero-order chi connectivity index (χ0) is 9.97. The molecule has 0 N–H and O–H groups in total. The lowest BCUT2D eigenvalue weighted by Crippen LogP contribution is -2.20. The minimum atomic E-state index is 0.228. The monoisotopic (exact) mass is 209 g/mol. The highest BCUT2D eigenvalue weighted by atomic mass is 35.5. The largest absolute Gasteiger partial charge is 0.338 e. The number of halogens is 1. The van der Waals surface area contributed by atoms with Crippen LogP contribution in [0, 0.1) is 0 Å². The zero-order valence-corrected chi connectivity index (χ0v) is 8.57. The minimum Gasteiger partial charge on any atom is -0.338 e. The van der Waals surface area contributed by atoms with Gasteiger partial charge in [-0.15, -0.1) is 0 Å². The fourth-order valence-electron chi connectivity index (χ4n) is 1.99. The molecular formula is C11H12ClNO. The average molecular weight is 210 g/mol. The van der Waals surface area contributed by atoms with Crippen LogP contribution in [0.25, 0.3) is 0 Å². The molecule has 1 heterocycles. The third-order valence-electron chi connectivity index (χ3n) is 2.66. The van der Waals surface area contributed by atoms with Crippen molar-refractivity contribution in [2.24, 2.45) is 0 Å². The molecule has 14 heavy (non-hydrogen) atoms. The van der Waals surface area contributed by atoms with Gasteiger partial charge in [-0.05, 0) is 30.5 Å². The van der Waals surface area contributed by atoms with Crippen LogP contribution in [-0.2, 0) is 4.79 Å². The number of carbonyl (C=O) groups excluding carboxylic acids is 1. The first-order valence-corrected chi connectivity index (χ1v) is 5.15. The highest BCUT2D eigenvalue weighted by molar-refractivity contribution is 6.30. The Balaban J connectivity index is 2.25. The van der Waals surface area contributed by atoms with Gasteiger partial charge in [0.1, 0.15) is 0 Å². The summed E-state index contributed by atoms with van der Waals surface area (Å²) in [5.41, 5.74) is 1.14. The SMILES string of the molecule is O=CN1CCCC1c1cccc(Cl)c1. The van der Waals surface area contributed by atoms with Crippen molar-refractivity contribution in [3.05, 3.63) is 34.9 Å². The molecule has 74 valence electrons. The molecule has 1 atom stereocenters. The molecule has 3 heteroatoms. The van der Waals surface area contributed by atoms with Gasteiger partial charge in [-0.2, -0.15) is 0 Å². The molecule has 1 unspecified atom stereocenters. The summed E-state index contributed by atoms with van der Waals surface area (Å²) in [6.45, 7) is 0.862. The van der Waals surface area contributed by atoms with Crippen LogP contribution in [0.5, 0.6) is 0 Å². The molecule has 0 aromatic heterocycles. The third kappa shape index (κ3) is 1.75. The lowest BCUT2D eigenvalue weighted by molar-refractivity contribution is -0.118. The maximum absolute atomic E-state index is 10.8. The van der Waals surface area contributed by atoms with E-state index in [2.05, 4.69) is 0 Å². The molecule has 0 radical (unpaired) electrons. The van der Waals surface area contributed by atoms with Crippen molar-refractivity contribution in [2.45, 2.75) is 18.9 Å². The third-order valence-corrected chi connectivity index (χ3v) is 2.90. The molecule has 0 bridgehead atoms. The molecule has 2 rings (SSSR count). The van der Waals surface area contributed by atoms with E-state index in [1.165, 1.54) is 0 Å². The number of benzene rings is 1. The molecule has 0 aliphatic carbocycles. The van der Waals surface area contributed by atoms with Gasteiger partial charge in [0.05, 0.1) is 6.04 Å². The van der Waals surface area contributed by atoms with Gasteiger partial charge in [0.25, 0.3) is 0 Å². The first-order chi connectivity index (χ1) is 6.81. The number of hydrogen-bond acceptors (Lipinski definition) is 1. The Morgan fingerprint density at radius 1 is 1.50 bits per heavy atom. The number of amides is 1. The molecule has 1 aromatic carbocycles. The van der Waals surface area contributed by atoms with E-state index in [1.54, 1.807) is 0 Å². The minimum absolute atomic E-state index is 0.228. The second kappa shape index (κ2) is 4.01. The molecule has 0 saturated carbocycles. The molecule has 1 saturated heterocycles. The summed E-state index contributed by atoms with van der Waals surface area (Å²) in [7, 11) is 0. The second-order valence-corrected chi connectivity index (χ2v) is 3.99. The van der Waals surface area contributed by atoms with Crippen LogP contribution in [0.4, 0.5) is 0 Å². The lowest BCUT2D eigenvalue weighted by atomic mass is 10.1. The van der Waals surface area contributed by atoms with Crippen LogP contribution >= 0.6 is 11.6 Å². The second-order valence-electron chi connectivity index (χ2n) is 3.56. The molecule has 1 aliphatic heterocycles. The smallest absolute Gasteiger partial charge is 0.210 e. The van der Waals surface area contributed by atoms with Crippen molar-refractivity contribution < 1.29 is 4.79 Å². The van der Waals surface area contributed by atoms with E-state index in [1.807, 2.05) is 29.2 Å². The predicted molar refractivity (Wildman–Crippen MR) is 56.2 cm³/mol. The summed E-state index contributed by atoms with van der Waals surface area (Å²) in [6, 6.07) is 7.97. The van der Waals surface area contributed by atoms with Gasteiger partial charge in [-0.1, -0.05) is 23.7 Å². The molecule has 2 nitrogen and oxygen atoms in total. The van der Waals surface area contributed by atoms with E-state index in [0.717, 1.165) is 36.4 Å². The first-order valence-electron chi connectivity index (χ1n) is 4.78. The van der Waals surface area contributed by atoms with Crippen molar-refractivity contribution in [2.75, 3.05) is 6.54 Å². The molecular weight excluding hydrogens is 198 g/mol. The quantitative estimate of drug-likeness (QED) is 0.686. The van der Waals surface area contributed by atoms with Crippen LogP contribution in [-0.4, -0.2) is 17.9 Å². The van der Waals surface area contributed by atoms with Gasteiger partial charge in [0, 0.05) is 11.6 Å². The number of likely N-dealkylation sites (tertiary alicyclic amines) is 1. The number of nitrogens with zero attached hydrogens (tertiary/aromatic N) is 1. The standard InChI is InChI=1S/C11H12ClNO/c12-10-4-1-3-9(7-10)11-5-2-6-13(11)8-14/h1,3-4,7-8,11H,2,5-6H2. The van der Waals surface area contributed by atoms with Crippen LogP contribution < -0.4 is 0 Å². The highest BCUT2D eigenvalue weighted by Gasteiger charge is 2.24. The summed E-state index contributed by atoms with van der Waals surface area (Å²) in [4.78, 5) is 12.6. The molecule has 1 aromatic rings. The summed E-state index contributed by atoms with van der Waals surface area (Å²) in [5.74, 6) is 0. The summed E-state index contributed by atoms with van der Waals surface area (Å²) in [5, 5.41) is 0.736. The summed E-state index contributed by atoms with van der Waals surface area (Å²) >= 11 is 5.91. The summed E-state index contributed by atoms with van der Waals surface area (Å²) < 4.78 is 0. The van der Waals surface area contributed by atoms with Gasteiger partial charge in [-0.3, -0.25) is 4.79 Å². The zero-order valence-electron chi connectivity index (χ0n) is 7.82. The van der Waals surface area contributed by atoms with E-state index in [0.29, 0.717) is 0 Å². The number of carbonyl (C=O) groups is 1. The molecule has 0 spiro atoms. The number of hydrogen-bond donors (Lipinski definition) is 0. The van der Waals surface area contributed by atoms with Gasteiger partial charge in [0.15, 0.2) is 0 Å². The molecule has 1 fully saturated rings. The fraction of sp³-hybridized carbons (Fsp3) is 0.364. The van der Waals surface area contributed by atoms with Crippen molar-refractivity contribution in [1.82, 2.24) is 4.90 Å². The van der Waals surface area contributed by atoms with E-state index in [9.17, 15) is 4.79 Å². The van der Waals surface area contributed by atoms with E-state index >= 15 is 0 Å². The van der Waals surface area contributed by atoms with Crippen LogP contribution in [0.3, 0.4) is 0 Å². The van der Waals surface area contributed by atoms with Crippen LogP contribution in [0.1, 0.15) is 24.4 Å². The Hall–Kier alpha value is -1.02. The molecule has 1 aliphatic rings. The van der Waals surface area contributed by atoms with Gasteiger partial charge in [-0.25, -0.2) is 0 Å². The lowest BCUT2D eigenvalue weighted by Gasteiger charge is -2.20.